The van der Waals surface area contributed by atoms with Gasteiger partial charge in [0.05, 0.1) is 0 Å². The van der Waals surface area contributed by atoms with Crippen LogP contribution in [-0.2, 0) is 0 Å². The first-order chi connectivity index (χ1) is 8.36. The van der Waals surface area contributed by atoms with Crippen LogP contribution in [0.2, 0.25) is 0 Å². The van der Waals surface area contributed by atoms with Crippen LogP contribution in [0, 0.1) is 0 Å². The van der Waals surface area contributed by atoms with Gasteiger partial charge in [0.2, 0.25) is 0 Å². The van der Waals surface area contributed by atoms with Gasteiger partial charge in [-0.1, -0.05) is 24.3 Å². The smallest absolute Gasteiger partial charge is 0.0437 e. The first kappa shape index (κ1) is 11.1. The summed E-state index contributed by atoms with van der Waals surface area (Å²) in [5.41, 5.74) is 7.60. The molecule has 1 aliphatic rings. The maximum absolute atomic E-state index is 6.41. The molecule has 2 aromatic rings. The predicted molar refractivity (Wildman–Crippen MR) is 74.2 cm³/mol. The van der Waals surface area contributed by atoms with Crippen LogP contribution in [-0.4, -0.2) is 16.0 Å². The largest absolute Gasteiger partial charge is 0.323 e. The zero-order chi connectivity index (χ0) is 11.7. The summed E-state index contributed by atoms with van der Waals surface area (Å²) in [6, 6.07) is 8.47. The summed E-state index contributed by atoms with van der Waals surface area (Å²) in [5, 5.41) is 2.99. The van der Waals surface area contributed by atoms with Crippen molar-refractivity contribution in [2.24, 2.45) is 5.73 Å². The highest BCUT2D eigenvalue weighted by atomic mass is 32.2. The number of pyridine rings is 1. The van der Waals surface area contributed by atoms with E-state index in [2.05, 4.69) is 23.2 Å². The van der Waals surface area contributed by atoms with Gasteiger partial charge in [0.1, 0.15) is 0 Å². The van der Waals surface area contributed by atoms with Gasteiger partial charge < -0.3 is 5.73 Å². The van der Waals surface area contributed by atoms with Crippen molar-refractivity contribution >= 4 is 22.5 Å². The summed E-state index contributed by atoms with van der Waals surface area (Å²) in [6.07, 6.45) is 6.37. The minimum absolute atomic E-state index is 0.112. The van der Waals surface area contributed by atoms with E-state index in [-0.39, 0.29) is 6.04 Å². The second-order valence-corrected chi connectivity index (χ2v) is 5.87. The monoisotopic (exact) mass is 244 g/mol. The van der Waals surface area contributed by atoms with Gasteiger partial charge in [0.15, 0.2) is 0 Å². The highest BCUT2D eigenvalue weighted by Gasteiger charge is 2.25. The molecule has 3 heteroatoms. The van der Waals surface area contributed by atoms with Gasteiger partial charge in [-0.25, -0.2) is 0 Å². The third kappa shape index (κ3) is 2.05. The van der Waals surface area contributed by atoms with E-state index in [4.69, 9.17) is 5.73 Å². The quantitative estimate of drug-likeness (QED) is 0.882. The van der Waals surface area contributed by atoms with Gasteiger partial charge in [-0.15, -0.1) is 0 Å². The molecule has 2 N–H and O–H groups in total. The average Bonchev–Trinajstić information content (AvgIpc) is 2.91. The van der Waals surface area contributed by atoms with Crippen LogP contribution in [0.25, 0.3) is 10.8 Å². The summed E-state index contributed by atoms with van der Waals surface area (Å²) < 4.78 is 0. The van der Waals surface area contributed by atoms with Crippen LogP contribution >= 0.6 is 11.8 Å². The van der Waals surface area contributed by atoms with Crippen molar-refractivity contribution in [1.82, 2.24) is 4.98 Å². The fourth-order valence-electron chi connectivity index (χ4n) is 2.49. The molecule has 1 aromatic heterocycles. The molecule has 2 unspecified atom stereocenters. The van der Waals surface area contributed by atoms with Crippen molar-refractivity contribution in [3.05, 3.63) is 42.2 Å². The Morgan fingerprint density at radius 3 is 3.00 bits per heavy atom. The molecule has 2 nitrogen and oxygen atoms in total. The van der Waals surface area contributed by atoms with Crippen LogP contribution < -0.4 is 5.73 Å². The summed E-state index contributed by atoms with van der Waals surface area (Å²) in [5.74, 6) is 1.25. The van der Waals surface area contributed by atoms with Crippen molar-refractivity contribution < 1.29 is 0 Å². The van der Waals surface area contributed by atoms with Gasteiger partial charge in [0.25, 0.3) is 0 Å². The summed E-state index contributed by atoms with van der Waals surface area (Å²) in [4.78, 5) is 4.32. The van der Waals surface area contributed by atoms with Crippen molar-refractivity contribution in [2.45, 2.75) is 24.1 Å². The molecule has 3 rings (SSSR count). The second-order valence-electron chi connectivity index (χ2n) is 4.53. The molecule has 17 heavy (non-hydrogen) atoms. The Hall–Kier alpha value is -1.06. The zero-order valence-electron chi connectivity index (χ0n) is 9.67. The predicted octanol–water partition coefficient (Wildman–Crippen LogP) is 3.13. The SMILES string of the molecule is NC(c1cncc2ccccc12)C1CCCS1. The number of aromatic nitrogens is 1. The van der Waals surface area contributed by atoms with Crippen LogP contribution in [0.3, 0.4) is 0 Å². The highest BCUT2D eigenvalue weighted by molar-refractivity contribution is 8.00. The fourth-order valence-corrected chi connectivity index (χ4v) is 3.81. The number of thioether (sulfide) groups is 1. The normalized spacial score (nSPS) is 21.8. The molecule has 1 saturated heterocycles. The fraction of sp³-hybridized carbons (Fsp3) is 0.357. The molecule has 0 amide bonds. The molecular formula is C14H16N2S. The van der Waals surface area contributed by atoms with Gasteiger partial charge >= 0.3 is 0 Å². The summed E-state index contributed by atoms with van der Waals surface area (Å²) in [7, 11) is 0. The topological polar surface area (TPSA) is 38.9 Å². The number of hydrogen-bond acceptors (Lipinski definition) is 3. The lowest BCUT2D eigenvalue weighted by Gasteiger charge is -2.19. The molecule has 0 aliphatic carbocycles. The van der Waals surface area contributed by atoms with Crippen LogP contribution in [0.5, 0.6) is 0 Å². The number of nitrogens with zero attached hydrogens (tertiary/aromatic N) is 1. The lowest BCUT2D eigenvalue weighted by molar-refractivity contribution is 0.647. The zero-order valence-corrected chi connectivity index (χ0v) is 10.5. The number of fused-ring (bicyclic) bond motifs is 1. The third-order valence-corrected chi connectivity index (χ3v) is 4.91. The van der Waals surface area contributed by atoms with E-state index in [9.17, 15) is 0 Å². The standard InChI is InChI=1S/C14H16N2S/c15-14(13-6-3-7-17-13)12-9-16-8-10-4-1-2-5-11(10)12/h1-2,4-5,8-9,13-14H,3,6-7,15H2. The van der Waals surface area contributed by atoms with Crippen LogP contribution in [0.1, 0.15) is 24.4 Å². The average molecular weight is 244 g/mol. The minimum atomic E-state index is 0.112. The molecule has 1 aliphatic heterocycles. The number of rotatable bonds is 2. The van der Waals surface area contributed by atoms with Crippen LogP contribution in [0.4, 0.5) is 0 Å². The maximum atomic E-state index is 6.41. The molecule has 88 valence electrons. The number of benzene rings is 1. The Morgan fingerprint density at radius 2 is 2.18 bits per heavy atom. The first-order valence-electron chi connectivity index (χ1n) is 6.06. The summed E-state index contributed by atoms with van der Waals surface area (Å²) in [6.45, 7) is 0. The Labute approximate surface area is 106 Å². The minimum Gasteiger partial charge on any atom is -0.323 e. The van der Waals surface area contributed by atoms with E-state index in [1.807, 2.05) is 30.2 Å². The Kier molecular flexibility index (Phi) is 3.04. The lowest BCUT2D eigenvalue weighted by atomic mass is 9.98. The molecule has 0 bridgehead atoms. The number of hydrogen-bond donors (Lipinski definition) is 1. The molecule has 0 saturated carbocycles. The molecular weight excluding hydrogens is 228 g/mol. The first-order valence-corrected chi connectivity index (χ1v) is 7.11. The van der Waals surface area contributed by atoms with E-state index < -0.39 is 0 Å². The third-order valence-electron chi connectivity index (χ3n) is 3.42. The maximum Gasteiger partial charge on any atom is 0.0437 e. The van der Waals surface area contributed by atoms with E-state index >= 15 is 0 Å². The Bertz CT molecular complexity index is 515. The van der Waals surface area contributed by atoms with Gasteiger partial charge in [-0.2, -0.15) is 11.8 Å². The lowest BCUT2D eigenvalue weighted by Crippen LogP contribution is -2.22. The number of nitrogens with two attached hydrogens (primary N) is 1. The van der Waals surface area contributed by atoms with Gasteiger partial charge in [0, 0.05) is 29.1 Å². The van der Waals surface area contributed by atoms with Crippen molar-refractivity contribution in [3.63, 3.8) is 0 Å². The van der Waals surface area contributed by atoms with Gasteiger partial charge in [-0.05, 0) is 29.5 Å². The Balaban J connectivity index is 2.04. The van der Waals surface area contributed by atoms with Crippen molar-refractivity contribution in [1.29, 1.82) is 0 Å². The van der Waals surface area contributed by atoms with E-state index in [1.54, 1.807) is 0 Å². The molecule has 0 spiro atoms. The van der Waals surface area contributed by atoms with E-state index in [1.165, 1.54) is 34.9 Å². The van der Waals surface area contributed by atoms with Crippen LogP contribution in [0.15, 0.2) is 36.7 Å². The van der Waals surface area contributed by atoms with E-state index in [0.717, 1.165) is 0 Å². The molecule has 1 aromatic carbocycles. The molecule has 0 radical (unpaired) electrons. The van der Waals surface area contributed by atoms with Crippen molar-refractivity contribution in [2.75, 3.05) is 5.75 Å². The van der Waals surface area contributed by atoms with Crippen molar-refractivity contribution in [3.8, 4) is 0 Å². The van der Waals surface area contributed by atoms with E-state index in [0.29, 0.717) is 5.25 Å². The molecule has 1 fully saturated rings. The molecule has 2 heterocycles. The molecule has 2 atom stereocenters. The Morgan fingerprint density at radius 1 is 1.29 bits per heavy atom. The highest BCUT2D eigenvalue weighted by Crippen LogP contribution is 2.36. The van der Waals surface area contributed by atoms with Gasteiger partial charge in [-0.3, -0.25) is 4.98 Å². The second kappa shape index (κ2) is 4.67. The summed E-state index contributed by atoms with van der Waals surface area (Å²) >= 11 is 2.00.